The third-order valence-corrected chi connectivity index (χ3v) is 5.86. The van der Waals surface area contributed by atoms with Crippen molar-refractivity contribution < 1.29 is 18.0 Å². The predicted octanol–water partition coefficient (Wildman–Crippen LogP) is 1.78. The van der Waals surface area contributed by atoms with Gasteiger partial charge in [0.2, 0.25) is 10.0 Å². The molecular formula is C16H20N2O4S. The Bertz CT molecular complexity index is 712. The number of sulfonamides is 1. The standard InChI is InChI=1S/C16H20N2O4S/c19-11-16(14-6-7-14)18(10-13-4-2-1-3-5-13)23(20,21)12-15-8-9-22-17-15/h1-5,8-9,14,16,19H,6-7,10-12H2. The van der Waals surface area contributed by atoms with Crippen molar-refractivity contribution >= 4 is 10.0 Å². The van der Waals surface area contributed by atoms with Crippen LogP contribution >= 0.6 is 0 Å². The van der Waals surface area contributed by atoms with Crippen molar-refractivity contribution in [3.8, 4) is 0 Å². The van der Waals surface area contributed by atoms with Crippen LogP contribution in [0.3, 0.4) is 0 Å². The van der Waals surface area contributed by atoms with Crippen LogP contribution in [0.4, 0.5) is 0 Å². The summed E-state index contributed by atoms with van der Waals surface area (Å²) in [6, 6.07) is 10.6. The Morgan fingerprint density at radius 3 is 2.57 bits per heavy atom. The number of rotatable bonds is 8. The highest BCUT2D eigenvalue weighted by Gasteiger charge is 2.40. The van der Waals surface area contributed by atoms with E-state index in [1.54, 1.807) is 6.07 Å². The van der Waals surface area contributed by atoms with Gasteiger partial charge in [0, 0.05) is 12.6 Å². The van der Waals surface area contributed by atoms with Crippen molar-refractivity contribution in [1.82, 2.24) is 9.46 Å². The van der Waals surface area contributed by atoms with Crippen LogP contribution in [0.2, 0.25) is 0 Å². The fraction of sp³-hybridized carbons (Fsp3) is 0.438. The zero-order valence-corrected chi connectivity index (χ0v) is 13.5. The van der Waals surface area contributed by atoms with Crippen LogP contribution in [0.15, 0.2) is 47.2 Å². The average molecular weight is 336 g/mol. The Morgan fingerprint density at radius 1 is 1.26 bits per heavy atom. The fourth-order valence-electron chi connectivity index (χ4n) is 2.72. The van der Waals surface area contributed by atoms with E-state index in [0.29, 0.717) is 5.69 Å². The fourth-order valence-corrected chi connectivity index (χ4v) is 4.41. The van der Waals surface area contributed by atoms with E-state index >= 15 is 0 Å². The molecule has 6 nitrogen and oxygen atoms in total. The maximum absolute atomic E-state index is 12.9. The van der Waals surface area contributed by atoms with Gasteiger partial charge in [-0.1, -0.05) is 35.5 Å². The number of nitrogens with zero attached hydrogens (tertiary/aromatic N) is 2. The van der Waals surface area contributed by atoms with E-state index in [1.807, 2.05) is 30.3 Å². The first-order valence-electron chi connectivity index (χ1n) is 7.63. The summed E-state index contributed by atoms with van der Waals surface area (Å²) in [5.41, 5.74) is 1.27. The molecule has 124 valence electrons. The first-order chi connectivity index (χ1) is 11.1. The first-order valence-corrected chi connectivity index (χ1v) is 9.24. The molecule has 1 N–H and O–H groups in total. The van der Waals surface area contributed by atoms with E-state index < -0.39 is 10.0 Å². The molecule has 0 amide bonds. The SMILES string of the molecule is O=S(=O)(Cc1ccon1)N(Cc1ccccc1)C(CO)C1CC1. The Morgan fingerprint density at radius 2 is 2.00 bits per heavy atom. The largest absolute Gasteiger partial charge is 0.395 e. The van der Waals surface area contributed by atoms with Crippen LogP contribution in [-0.4, -0.2) is 35.6 Å². The van der Waals surface area contributed by atoms with Gasteiger partial charge in [-0.2, -0.15) is 4.31 Å². The molecule has 0 spiro atoms. The van der Waals surface area contributed by atoms with Crippen LogP contribution in [-0.2, 0) is 22.3 Å². The zero-order chi connectivity index (χ0) is 16.3. The number of benzene rings is 1. The lowest BCUT2D eigenvalue weighted by Gasteiger charge is -2.29. The van der Waals surface area contributed by atoms with E-state index in [0.717, 1.165) is 18.4 Å². The molecule has 3 rings (SSSR count). The van der Waals surface area contributed by atoms with Gasteiger partial charge in [0.15, 0.2) is 0 Å². The number of aliphatic hydroxyl groups excluding tert-OH is 1. The van der Waals surface area contributed by atoms with Gasteiger partial charge in [-0.15, -0.1) is 0 Å². The Kier molecular flexibility index (Phi) is 4.79. The van der Waals surface area contributed by atoms with Gasteiger partial charge in [-0.25, -0.2) is 8.42 Å². The van der Waals surface area contributed by atoms with Gasteiger partial charge in [0.25, 0.3) is 0 Å². The molecule has 1 unspecified atom stereocenters. The van der Waals surface area contributed by atoms with E-state index in [4.69, 9.17) is 4.52 Å². The third-order valence-electron chi connectivity index (χ3n) is 4.08. The summed E-state index contributed by atoms with van der Waals surface area (Å²) in [4.78, 5) is 0. The molecule has 0 aliphatic heterocycles. The smallest absolute Gasteiger partial charge is 0.220 e. The zero-order valence-electron chi connectivity index (χ0n) is 12.7. The van der Waals surface area contributed by atoms with Crippen molar-refractivity contribution in [3.63, 3.8) is 0 Å². The monoisotopic (exact) mass is 336 g/mol. The lowest BCUT2D eigenvalue weighted by atomic mass is 10.1. The Labute approximate surface area is 135 Å². The second kappa shape index (κ2) is 6.82. The van der Waals surface area contributed by atoms with E-state index in [1.165, 1.54) is 10.6 Å². The molecule has 23 heavy (non-hydrogen) atoms. The molecule has 0 bridgehead atoms. The van der Waals surface area contributed by atoms with Crippen molar-refractivity contribution in [2.45, 2.75) is 31.2 Å². The van der Waals surface area contributed by atoms with E-state index in [-0.39, 0.29) is 30.9 Å². The topological polar surface area (TPSA) is 83.6 Å². The Hall–Kier alpha value is -1.70. The predicted molar refractivity (Wildman–Crippen MR) is 84.7 cm³/mol. The molecule has 1 saturated carbocycles. The molecule has 1 heterocycles. The lowest BCUT2D eigenvalue weighted by Crippen LogP contribution is -2.43. The minimum atomic E-state index is -3.61. The highest BCUT2D eigenvalue weighted by molar-refractivity contribution is 7.88. The molecule has 0 saturated heterocycles. The third kappa shape index (κ3) is 3.99. The number of hydrogen-bond acceptors (Lipinski definition) is 5. The molecule has 2 aromatic rings. The summed E-state index contributed by atoms with van der Waals surface area (Å²) >= 11 is 0. The van der Waals surface area contributed by atoms with Gasteiger partial charge in [-0.05, 0) is 24.3 Å². The molecule has 0 radical (unpaired) electrons. The summed E-state index contributed by atoms with van der Waals surface area (Å²) in [5.74, 6) is 0.00955. The highest BCUT2D eigenvalue weighted by atomic mass is 32.2. The summed E-state index contributed by atoms with van der Waals surface area (Å²) in [5, 5.41) is 13.4. The molecule has 1 atom stereocenters. The first kappa shape index (κ1) is 16.2. The van der Waals surface area contributed by atoms with Gasteiger partial charge in [-0.3, -0.25) is 0 Å². The number of hydrogen-bond donors (Lipinski definition) is 1. The summed E-state index contributed by atoms with van der Waals surface area (Å²) in [6.45, 7) is 0.0816. The number of aliphatic hydroxyl groups is 1. The minimum absolute atomic E-state index is 0.171. The second-order valence-electron chi connectivity index (χ2n) is 5.87. The van der Waals surface area contributed by atoms with Crippen LogP contribution in [0.1, 0.15) is 24.1 Å². The molecule has 1 fully saturated rings. The molecule has 1 aliphatic rings. The molecular weight excluding hydrogens is 316 g/mol. The Balaban J connectivity index is 1.87. The van der Waals surface area contributed by atoms with E-state index in [9.17, 15) is 13.5 Å². The second-order valence-corrected chi connectivity index (χ2v) is 7.79. The summed E-state index contributed by atoms with van der Waals surface area (Å²) in [7, 11) is -3.61. The summed E-state index contributed by atoms with van der Waals surface area (Å²) in [6.07, 6.45) is 3.27. The maximum Gasteiger partial charge on any atom is 0.220 e. The maximum atomic E-state index is 12.9. The van der Waals surface area contributed by atoms with Gasteiger partial charge >= 0.3 is 0 Å². The summed E-state index contributed by atoms with van der Waals surface area (Å²) < 4.78 is 31.9. The molecule has 1 aromatic heterocycles. The quantitative estimate of drug-likeness (QED) is 0.794. The van der Waals surface area contributed by atoms with Crippen molar-refractivity contribution in [2.24, 2.45) is 5.92 Å². The van der Waals surface area contributed by atoms with Crippen LogP contribution in [0.5, 0.6) is 0 Å². The van der Waals surface area contributed by atoms with Crippen molar-refractivity contribution in [2.75, 3.05) is 6.61 Å². The molecule has 1 aromatic carbocycles. The van der Waals surface area contributed by atoms with Crippen molar-refractivity contribution in [1.29, 1.82) is 0 Å². The highest BCUT2D eigenvalue weighted by Crippen LogP contribution is 2.37. The van der Waals surface area contributed by atoms with Gasteiger partial charge in [0.05, 0.1) is 18.3 Å². The molecule has 7 heteroatoms. The van der Waals surface area contributed by atoms with Crippen LogP contribution < -0.4 is 0 Å². The lowest BCUT2D eigenvalue weighted by molar-refractivity contribution is 0.166. The van der Waals surface area contributed by atoms with Gasteiger partial charge < -0.3 is 9.63 Å². The van der Waals surface area contributed by atoms with Crippen LogP contribution in [0.25, 0.3) is 0 Å². The van der Waals surface area contributed by atoms with Crippen molar-refractivity contribution in [3.05, 3.63) is 53.9 Å². The van der Waals surface area contributed by atoms with E-state index in [2.05, 4.69) is 5.16 Å². The number of aromatic nitrogens is 1. The minimum Gasteiger partial charge on any atom is -0.395 e. The normalized spacial score (nSPS) is 16.6. The average Bonchev–Trinajstić information content (AvgIpc) is 3.25. The van der Waals surface area contributed by atoms with Crippen LogP contribution in [0, 0.1) is 5.92 Å². The van der Waals surface area contributed by atoms with Gasteiger partial charge in [0.1, 0.15) is 12.0 Å². The molecule has 1 aliphatic carbocycles.